The molecule has 0 aliphatic carbocycles. The molecule has 0 aliphatic heterocycles. The number of aromatic hydroxyl groups is 2. The summed E-state index contributed by atoms with van der Waals surface area (Å²) < 4.78 is 0. The highest BCUT2D eigenvalue weighted by Gasteiger charge is 2.17. The summed E-state index contributed by atoms with van der Waals surface area (Å²) >= 11 is 1.55. The molecular weight excluding hydrogens is 316 g/mol. The molecule has 0 saturated carbocycles. The molecule has 0 radical (unpaired) electrons. The van der Waals surface area contributed by atoms with E-state index in [1.54, 1.807) is 23.9 Å². The van der Waals surface area contributed by atoms with E-state index in [1.165, 1.54) is 11.1 Å². The zero-order valence-corrected chi connectivity index (χ0v) is 16.3. The summed E-state index contributed by atoms with van der Waals surface area (Å²) in [4.78, 5) is 0.850. The molecule has 130 valence electrons. The fourth-order valence-corrected chi connectivity index (χ4v) is 3.39. The van der Waals surface area contributed by atoms with Gasteiger partial charge in [-0.15, -0.1) is 11.8 Å². The van der Waals surface area contributed by atoms with Gasteiger partial charge < -0.3 is 10.2 Å². The molecule has 2 rings (SSSR count). The van der Waals surface area contributed by atoms with Crippen molar-refractivity contribution in [1.82, 2.24) is 0 Å². The van der Waals surface area contributed by atoms with Gasteiger partial charge in [-0.3, -0.25) is 0 Å². The number of hydrogen-bond acceptors (Lipinski definition) is 3. The van der Waals surface area contributed by atoms with Gasteiger partial charge in [0, 0.05) is 16.2 Å². The van der Waals surface area contributed by atoms with Crippen LogP contribution in [0.5, 0.6) is 11.5 Å². The highest BCUT2D eigenvalue weighted by molar-refractivity contribution is 7.98. The van der Waals surface area contributed by atoms with Crippen LogP contribution in [-0.4, -0.2) is 10.2 Å². The second kappa shape index (κ2) is 6.72. The second-order valence-electron chi connectivity index (χ2n) is 8.31. The van der Waals surface area contributed by atoms with Crippen molar-refractivity contribution >= 4 is 11.8 Å². The first-order chi connectivity index (χ1) is 11.0. The monoisotopic (exact) mass is 344 g/mol. The topological polar surface area (TPSA) is 40.5 Å². The van der Waals surface area contributed by atoms with Crippen LogP contribution in [0.1, 0.15) is 58.2 Å². The molecule has 2 aromatic rings. The van der Waals surface area contributed by atoms with E-state index in [1.807, 2.05) is 18.2 Å². The van der Waals surface area contributed by atoms with Crippen molar-refractivity contribution in [2.24, 2.45) is 0 Å². The minimum atomic E-state index is 0.0390. The third-order valence-electron chi connectivity index (χ3n) is 4.15. The van der Waals surface area contributed by atoms with Gasteiger partial charge in [-0.1, -0.05) is 59.7 Å². The van der Waals surface area contributed by atoms with E-state index in [-0.39, 0.29) is 10.8 Å². The molecule has 0 unspecified atom stereocenters. The van der Waals surface area contributed by atoms with Crippen molar-refractivity contribution in [1.29, 1.82) is 0 Å². The van der Waals surface area contributed by atoms with E-state index >= 15 is 0 Å². The zero-order valence-electron chi connectivity index (χ0n) is 15.5. The van der Waals surface area contributed by atoms with E-state index in [0.717, 1.165) is 10.5 Å². The van der Waals surface area contributed by atoms with Crippen LogP contribution in [0.4, 0.5) is 0 Å². The third-order valence-corrected chi connectivity index (χ3v) is 5.25. The van der Waals surface area contributed by atoms with Crippen LogP contribution >= 0.6 is 11.8 Å². The molecule has 0 aromatic heterocycles. The normalized spacial score (nSPS) is 12.4. The van der Waals surface area contributed by atoms with E-state index in [4.69, 9.17) is 0 Å². The molecule has 0 fully saturated rings. The smallest absolute Gasteiger partial charge is 0.129 e. The average Bonchev–Trinajstić information content (AvgIpc) is 2.45. The van der Waals surface area contributed by atoms with Gasteiger partial charge in [0.2, 0.25) is 0 Å². The van der Waals surface area contributed by atoms with Crippen LogP contribution in [0.2, 0.25) is 0 Å². The van der Waals surface area contributed by atoms with Crippen LogP contribution in [-0.2, 0) is 16.6 Å². The molecule has 2 aromatic carbocycles. The Kier molecular flexibility index (Phi) is 5.24. The Hall–Kier alpha value is -1.61. The minimum Gasteiger partial charge on any atom is -0.508 e. The molecule has 2 nitrogen and oxygen atoms in total. The Morgan fingerprint density at radius 3 is 1.79 bits per heavy atom. The summed E-state index contributed by atoms with van der Waals surface area (Å²) in [7, 11) is 0. The van der Waals surface area contributed by atoms with Crippen LogP contribution in [0, 0.1) is 0 Å². The molecule has 0 saturated heterocycles. The van der Waals surface area contributed by atoms with E-state index < -0.39 is 0 Å². The fraction of sp³-hybridized carbons (Fsp3) is 0.429. The predicted octanol–water partition coefficient (Wildman–Crippen LogP) is 5.99. The first kappa shape index (κ1) is 18.7. The van der Waals surface area contributed by atoms with Crippen molar-refractivity contribution in [3.05, 3.63) is 53.1 Å². The minimum absolute atomic E-state index is 0.0390. The number of phenols is 2. The van der Waals surface area contributed by atoms with Crippen molar-refractivity contribution in [2.75, 3.05) is 0 Å². The van der Waals surface area contributed by atoms with Gasteiger partial charge in [0.25, 0.3) is 0 Å². The first-order valence-corrected chi connectivity index (χ1v) is 9.26. The standard InChI is InChI=1S/C21H28O2S/c1-20(2,3)15-7-9-17(22)14(11-15)13-24-19-12-16(21(4,5)6)8-10-18(19)23/h7-12,22-23H,13H2,1-6H3. The van der Waals surface area contributed by atoms with Crippen molar-refractivity contribution in [2.45, 2.75) is 63.0 Å². The van der Waals surface area contributed by atoms with Crippen molar-refractivity contribution in [3.63, 3.8) is 0 Å². The Morgan fingerprint density at radius 2 is 1.25 bits per heavy atom. The molecule has 0 amide bonds. The van der Waals surface area contributed by atoms with Gasteiger partial charge in [-0.2, -0.15) is 0 Å². The van der Waals surface area contributed by atoms with Crippen LogP contribution in [0.3, 0.4) is 0 Å². The maximum absolute atomic E-state index is 10.2. The Balaban J connectivity index is 2.25. The molecule has 0 aliphatic rings. The van der Waals surface area contributed by atoms with Gasteiger partial charge in [0.1, 0.15) is 11.5 Å². The van der Waals surface area contributed by atoms with E-state index in [2.05, 4.69) is 47.6 Å². The number of thioether (sulfide) groups is 1. The lowest BCUT2D eigenvalue weighted by atomic mass is 9.86. The first-order valence-electron chi connectivity index (χ1n) is 8.27. The summed E-state index contributed by atoms with van der Waals surface area (Å²) in [5.41, 5.74) is 3.37. The summed E-state index contributed by atoms with van der Waals surface area (Å²) in [5.74, 6) is 1.22. The Bertz CT molecular complexity index is 658. The number of phenolic OH excluding ortho intramolecular Hbond substituents is 2. The van der Waals surface area contributed by atoms with E-state index in [9.17, 15) is 10.2 Å². The third kappa shape index (κ3) is 4.47. The van der Waals surface area contributed by atoms with Gasteiger partial charge in [0.15, 0.2) is 0 Å². The summed E-state index contributed by atoms with van der Waals surface area (Å²) in [6.07, 6.45) is 0. The largest absolute Gasteiger partial charge is 0.508 e. The average molecular weight is 345 g/mol. The molecule has 0 bridgehead atoms. The zero-order chi connectivity index (χ0) is 18.1. The second-order valence-corrected chi connectivity index (χ2v) is 9.33. The highest BCUT2D eigenvalue weighted by Crippen LogP contribution is 2.37. The molecule has 0 heterocycles. The van der Waals surface area contributed by atoms with Crippen LogP contribution < -0.4 is 0 Å². The van der Waals surface area contributed by atoms with Crippen LogP contribution in [0.15, 0.2) is 41.3 Å². The number of rotatable bonds is 3. The number of benzene rings is 2. The van der Waals surface area contributed by atoms with E-state index in [0.29, 0.717) is 17.3 Å². The predicted molar refractivity (Wildman–Crippen MR) is 103 cm³/mol. The van der Waals surface area contributed by atoms with Crippen LogP contribution in [0.25, 0.3) is 0 Å². The lowest BCUT2D eigenvalue weighted by Crippen LogP contribution is -2.11. The SMILES string of the molecule is CC(C)(C)c1ccc(O)c(CSc2cc(C(C)(C)C)ccc2O)c1. The van der Waals surface area contributed by atoms with Gasteiger partial charge >= 0.3 is 0 Å². The maximum Gasteiger partial charge on any atom is 0.129 e. The van der Waals surface area contributed by atoms with Gasteiger partial charge in [0.05, 0.1) is 0 Å². The fourth-order valence-electron chi connectivity index (χ4n) is 2.42. The summed E-state index contributed by atoms with van der Waals surface area (Å²) in [5, 5.41) is 20.3. The van der Waals surface area contributed by atoms with Crippen molar-refractivity contribution < 1.29 is 10.2 Å². The number of hydrogen-bond donors (Lipinski definition) is 2. The van der Waals surface area contributed by atoms with Gasteiger partial charge in [-0.25, -0.2) is 0 Å². The molecule has 0 atom stereocenters. The maximum atomic E-state index is 10.2. The quantitative estimate of drug-likeness (QED) is 0.672. The highest BCUT2D eigenvalue weighted by atomic mass is 32.2. The Morgan fingerprint density at radius 1 is 0.750 bits per heavy atom. The molecular formula is C21H28O2S. The molecule has 24 heavy (non-hydrogen) atoms. The lowest BCUT2D eigenvalue weighted by Gasteiger charge is -2.21. The molecule has 2 N–H and O–H groups in total. The van der Waals surface area contributed by atoms with Gasteiger partial charge in [-0.05, 0) is 40.2 Å². The molecule has 3 heteroatoms. The lowest BCUT2D eigenvalue weighted by molar-refractivity contribution is 0.460. The molecule has 0 spiro atoms. The van der Waals surface area contributed by atoms with Crippen molar-refractivity contribution in [3.8, 4) is 11.5 Å². The Labute approximate surface area is 149 Å². The summed E-state index contributed by atoms with van der Waals surface area (Å²) in [6, 6.07) is 11.6. The summed E-state index contributed by atoms with van der Waals surface area (Å²) in [6.45, 7) is 13.0.